The number of aromatic hydroxyl groups is 1. The minimum atomic E-state index is -0.801. The molecule has 0 atom stereocenters. The molecule has 16 heavy (non-hydrogen) atoms. The molecule has 0 aliphatic carbocycles. The lowest BCUT2D eigenvalue weighted by Gasteiger charge is -2.09. The molecule has 0 radical (unpaired) electrons. The number of amides is 1. The summed E-state index contributed by atoms with van der Waals surface area (Å²) in [6, 6.07) is 2.51. The van der Waals surface area contributed by atoms with Crippen LogP contribution in [0.4, 0.5) is 16.2 Å². The van der Waals surface area contributed by atoms with Gasteiger partial charge in [0.1, 0.15) is 12.4 Å². The quantitative estimate of drug-likeness (QED) is 0.473. The van der Waals surface area contributed by atoms with Gasteiger partial charge in [-0.25, -0.2) is 4.79 Å². The summed E-state index contributed by atoms with van der Waals surface area (Å²) < 4.78 is 4.53. The first kappa shape index (κ1) is 12.4. The lowest BCUT2D eigenvalue weighted by Crippen LogP contribution is -2.15. The zero-order chi connectivity index (χ0) is 12.1. The van der Waals surface area contributed by atoms with Crippen LogP contribution in [0.5, 0.6) is 5.75 Å². The zero-order valence-electron chi connectivity index (χ0n) is 8.24. The average molecular weight is 247 g/mol. The van der Waals surface area contributed by atoms with E-state index in [9.17, 15) is 9.90 Å². The number of halogens is 1. The minimum absolute atomic E-state index is 0.0853. The SMILES string of the molecule is Nc1cc(O)c(NC(=O)OCCO)cc1Cl. The van der Waals surface area contributed by atoms with Crippen molar-refractivity contribution in [1.29, 1.82) is 0 Å². The minimum Gasteiger partial charge on any atom is -0.506 e. The van der Waals surface area contributed by atoms with Gasteiger partial charge in [-0.2, -0.15) is 0 Å². The highest BCUT2D eigenvalue weighted by Gasteiger charge is 2.09. The third-order valence-corrected chi connectivity index (χ3v) is 2.00. The molecule has 1 aromatic rings. The van der Waals surface area contributed by atoms with Crippen LogP contribution in [-0.4, -0.2) is 29.5 Å². The standard InChI is InChI=1S/C9H11ClN2O4/c10-5-3-7(8(14)4-6(5)11)12-9(15)16-2-1-13/h3-4,13-14H,1-2,11H2,(H,12,15). The van der Waals surface area contributed by atoms with Crippen LogP contribution >= 0.6 is 11.6 Å². The first-order chi connectivity index (χ1) is 7.54. The Hall–Kier alpha value is -1.66. The number of nitrogen functional groups attached to an aromatic ring is 1. The maximum absolute atomic E-state index is 11.1. The van der Waals surface area contributed by atoms with Crippen molar-refractivity contribution in [3.8, 4) is 5.75 Å². The van der Waals surface area contributed by atoms with E-state index in [-0.39, 0.29) is 35.4 Å². The van der Waals surface area contributed by atoms with E-state index in [1.54, 1.807) is 0 Å². The summed E-state index contributed by atoms with van der Waals surface area (Å²) in [7, 11) is 0. The second kappa shape index (κ2) is 5.43. The number of hydrogen-bond acceptors (Lipinski definition) is 5. The van der Waals surface area contributed by atoms with Gasteiger partial charge in [0.25, 0.3) is 0 Å². The Bertz CT molecular complexity index is 397. The van der Waals surface area contributed by atoms with E-state index in [1.807, 2.05) is 0 Å². The zero-order valence-corrected chi connectivity index (χ0v) is 8.99. The van der Waals surface area contributed by atoms with Gasteiger partial charge in [0.15, 0.2) is 0 Å². The predicted octanol–water partition coefficient (Wildman–Crippen LogP) is 1.17. The molecule has 0 bridgehead atoms. The number of phenolic OH excluding ortho intramolecular Hbond substituents is 1. The van der Waals surface area contributed by atoms with E-state index in [4.69, 9.17) is 22.4 Å². The Kier molecular flexibility index (Phi) is 4.21. The van der Waals surface area contributed by atoms with Gasteiger partial charge in [-0.1, -0.05) is 11.6 Å². The molecule has 6 nitrogen and oxygen atoms in total. The summed E-state index contributed by atoms with van der Waals surface area (Å²) >= 11 is 5.71. The fourth-order valence-corrected chi connectivity index (χ4v) is 1.13. The number of nitrogens with two attached hydrogens (primary N) is 1. The molecular weight excluding hydrogens is 236 g/mol. The molecule has 0 spiro atoms. The molecule has 0 saturated heterocycles. The highest BCUT2D eigenvalue weighted by molar-refractivity contribution is 6.33. The Morgan fingerprint density at radius 2 is 2.25 bits per heavy atom. The molecular formula is C9H11ClN2O4. The van der Waals surface area contributed by atoms with Crippen molar-refractivity contribution in [2.24, 2.45) is 0 Å². The summed E-state index contributed by atoms with van der Waals surface area (Å²) in [6.45, 7) is -0.406. The van der Waals surface area contributed by atoms with Crippen molar-refractivity contribution >= 4 is 29.1 Å². The highest BCUT2D eigenvalue weighted by Crippen LogP contribution is 2.31. The Labute approximate surface area is 96.6 Å². The van der Waals surface area contributed by atoms with Crippen molar-refractivity contribution < 1.29 is 19.7 Å². The van der Waals surface area contributed by atoms with E-state index >= 15 is 0 Å². The Balaban J connectivity index is 2.73. The number of carbonyl (C=O) groups is 1. The van der Waals surface area contributed by atoms with E-state index in [2.05, 4.69) is 10.1 Å². The van der Waals surface area contributed by atoms with Gasteiger partial charge >= 0.3 is 6.09 Å². The lowest BCUT2D eigenvalue weighted by atomic mass is 10.2. The third kappa shape index (κ3) is 3.18. The van der Waals surface area contributed by atoms with Crippen LogP contribution in [-0.2, 0) is 4.74 Å². The van der Waals surface area contributed by atoms with Crippen molar-refractivity contribution in [3.05, 3.63) is 17.2 Å². The van der Waals surface area contributed by atoms with Crippen molar-refractivity contribution in [1.82, 2.24) is 0 Å². The first-order valence-corrected chi connectivity index (χ1v) is 4.75. The van der Waals surface area contributed by atoms with Crippen molar-refractivity contribution in [3.63, 3.8) is 0 Å². The van der Waals surface area contributed by atoms with E-state index in [1.165, 1.54) is 12.1 Å². The normalized spacial score (nSPS) is 9.88. The monoisotopic (exact) mass is 246 g/mol. The second-order valence-electron chi connectivity index (χ2n) is 2.88. The molecule has 1 amide bonds. The van der Waals surface area contributed by atoms with E-state index in [0.717, 1.165) is 0 Å². The van der Waals surface area contributed by atoms with Crippen LogP contribution in [0.2, 0.25) is 5.02 Å². The Morgan fingerprint density at radius 3 is 2.88 bits per heavy atom. The molecule has 0 fully saturated rings. The maximum atomic E-state index is 11.1. The molecule has 1 rings (SSSR count). The van der Waals surface area contributed by atoms with Crippen LogP contribution < -0.4 is 11.1 Å². The molecule has 0 saturated carbocycles. The van der Waals surface area contributed by atoms with Crippen molar-refractivity contribution in [2.45, 2.75) is 0 Å². The number of phenols is 1. The summed E-state index contributed by atoms with van der Waals surface area (Å²) in [5, 5.41) is 20.3. The van der Waals surface area contributed by atoms with Crippen LogP contribution in [0.1, 0.15) is 0 Å². The van der Waals surface area contributed by atoms with E-state index in [0.29, 0.717) is 0 Å². The maximum Gasteiger partial charge on any atom is 0.411 e. The molecule has 5 N–H and O–H groups in total. The van der Waals surface area contributed by atoms with Gasteiger partial charge in [-0.15, -0.1) is 0 Å². The molecule has 1 aromatic carbocycles. The lowest BCUT2D eigenvalue weighted by molar-refractivity contribution is 0.131. The first-order valence-electron chi connectivity index (χ1n) is 4.37. The molecule has 0 aromatic heterocycles. The van der Waals surface area contributed by atoms with Gasteiger partial charge in [-0.3, -0.25) is 5.32 Å². The number of benzene rings is 1. The fourth-order valence-electron chi connectivity index (χ4n) is 0.962. The number of nitrogens with one attached hydrogen (secondary N) is 1. The smallest absolute Gasteiger partial charge is 0.411 e. The molecule has 0 heterocycles. The number of ether oxygens (including phenoxy) is 1. The molecule has 0 aliphatic rings. The van der Waals surface area contributed by atoms with Gasteiger partial charge in [0, 0.05) is 6.07 Å². The summed E-state index contributed by atoms with van der Waals surface area (Å²) in [6.07, 6.45) is -0.801. The van der Waals surface area contributed by atoms with Crippen LogP contribution in [0, 0.1) is 0 Å². The van der Waals surface area contributed by atoms with Crippen LogP contribution in [0.15, 0.2) is 12.1 Å². The summed E-state index contributed by atoms with van der Waals surface area (Å²) in [5.41, 5.74) is 5.72. The van der Waals surface area contributed by atoms with E-state index < -0.39 is 6.09 Å². The molecule has 88 valence electrons. The topological polar surface area (TPSA) is 105 Å². The van der Waals surface area contributed by atoms with Crippen LogP contribution in [0.3, 0.4) is 0 Å². The molecule has 7 heteroatoms. The van der Waals surface area contributed by atoms with Gasteiger partial charge in [0.2, 0.25) is 0 Å². The number of carbonyl (C=O) groups excluding carboxylic acids is 1. The number of anilines is 2. The summed E-state index contributed by atoms with van der Waals surface area (Å²) in [5.74, 6) is -0.220. The number of rotatable bonds is 3. The van der Waals surface area contributed by atoms with Crippen LogP contribution in [0.25, 0.3) is 0 Å². The van der Waals surface area contributed by atoms with Gasteiger partial charge in [-0.05, 0) is 6.07 Å². The molecule has 0 unspecified atom stereocenters. The largest absolute Gasteiger partial charge is 0.506 e. The van der Waals surface area contributed by atoms with Gasteiger partial charge < -0.3 is 20.7 Å². The number of hydrogen-bond donors (Lipinski definition) is 4. The predicted molar refractivity (Wildman–Crippen MR) is 59.6 cm³/mol. The highest BCUT2D eigenvalue weighted by atomic mass is 35.5. The Morgan fingerprint density at radius 1 is 1.56 bits per heavy atom. The number of aliphatic hydroxyl groups excluding tert-OH is 1. The second-order valence-corrected chi connectivity index (χ2v) is 3.28. The molecule has 0 aliphatic heterocycles. The fraction of sp³-hybridized carbons (Fsp3) is 0.222. The number of aliphatic hydroxyl groups is 1. The summed E-state index contributed by atoms with van der Waals surface area (Å²) in [4.78, 5) is 11.1. The average Bonchev–Trinajstić information content (AvgIpc) is 2.23. The van der Waals surface area contributed by atoms with Gasteiger partial charge in [0.05, 0.1) is 23.0 Å². The third-order valence-electron chi connectivity index (χ3n) is 1.68. The van der Waals surface area contributed by atoms with Crippen molar-refractivity contribution in [2.75, 3.05) is 24.3 Å².